The number of carbonyl (C=O) groups excluding carboxylic acids is 3. The summed E-state index contributed by atoms with van der Waals surface area (Å²) in [6, 6.07) is 0. The molecule has 0 amide bonds. The average Bonchev–Trinajstić information content (AvgIpc) is 3.21. The predicted octanol–water partition coefficient (Wildman–Crippen LogP) is 14.2. The summed E-state index contributed by atoms with van der Waals surface area (Å²) in [5.41, 5.74) is 0. The van der Waals surface area contributed by atoms with Gasteiger partial charge in [0.25, 0.3) is 0 Å². The van der Waals surface area contributed by atoms with E-state index in [2.05, 4.69) is 142 Å². The summed E-state index contributed by atoms with van der Waals surface area (Å²) in [6.07, 6.45) is 60.8. The lowest BCUT2D eigenvalue weighted by molar-refractivity contribution is -0.167. The molecule has 0 aliphatic carbocycles. The molecular weight excluding hydrogens is 709 g/mol. The van der Waals surface area contributed by atoms with Crippen molar-refractivity contribution in [1.82, 2.24) is 0 Å². The van der Waals surface area contributed by atoms with Gasteiger partial charge in [-0.1, -0.05) is 168 Å². The first-order valence-electron chi connectivity index (χ1n) is 22.0. The minimum atomic E-state index is -0.821. The minimum Gasteiger partial charge on any atom is -0.462 e. The molecule has 0 unspecified atom stereocenters. The van der Waals surface area contributed by atoms with E-state index >= 15 is 0 Å². The van der Waals surface area contributed by atoms with Crippen LogP contribution in [0, 0.1) is 0 Å². The van der Waals surface area contributed by atoms with E-state index < -0.39 is 6.10 Å². The van der Waals surface area contributed by atoms with Crippen molar-refractivity contribution in [1.29, 1.82) is 0 Å². The molecule has 0 aromatic heterocycles. The number of allylic oxidation sites excluding steroid dienone is 20. The van der Waals surface area contributed by atoms with Crippen molar-refractivity contribution in [3.8, 4) is 0 Å². The van der Waals surface area contributed by atoms with Crippen LogP contribution in [0.2, 0.25) is 0 Å². The van der Waals surface area contributed by atoms with Crippen LogP contribution in [0.1, 0.15) is 162 Å². The van der Waals surface area contributed by atoms with E-state index in [1.165, 1.54) is 0 Å². The third-order valence-electron chi connectivity index (χ3n) is 8.46. The Morgan fingerprint density at radius 1 is 0.368 bits per heavy atom. The SMILES string of the molecule is CC/C=C\C/C=C\C/C=C\C/C=C\C/C=C\CCCC(=O)OCC(COC(=O)CCC/C=C\C/C=C\C/C=C\C/C=C\C/C=C\CC)OC(=O)CCCCCCC. The first-order chi connectivity index (χ1) is 28.0. The molecule has 0 aromatic rings. The maximum atomic E-state index is 12.5. The highest BCUT2D eigenvalue weighted by molar-refractivity contribution is 5.71. The van der Waals surface area contributed by atoms with Gasteiger partial charge in [0.2, 0.25) is 0 Å². The number of esters is 3. The summed E-state index contributed by atoms with van der Waals surface area (Å²) >= 11 is 0. The van der Waals surface area contributed by atoms with Gasteiger partial charge in [-0.3, -0.25) is 14.4 Å². The van der Waals surface area contributed by atoms with Gasteiger partial charge >= 0.3 is 17.9 Å². The molecule has 0 radical (unpaired) electrons. The standard InChI is InChI=1S/C51H78O6/c1-4-7-10-13-15-17-19-21-23-25-27-29-31-33-35-38-40-43-49(52)55-46-48(57-51(54)45-42-37-12-9-6-3)47-56-50(53)44-41-39-36-34-32-30-28-26-24-22-20-18-16-14-11-8-5-2/h7-8,10-11,15-18,21-24,27-30,33-36,48H,4-6,9,12-14,19-20,25-26,31-32,37-47H2,1-3H3/b10-7-,11-8-,17-15-,18-16-,23-21-,24-22-,29-27-,30-28-,35-33-,36-34-. The molecule has 0 spiro atoms. The van der Waals surface area contributed by atoms with Crippen molar-refractivity contribution in [2.75, 3.05) is 13.2 Å². The Morgan fingerprint density at radius 3 is 1.04 bits per heavy atom. The molecule has 0 atom stereocenters. The van der Waals surface area contributed by atoms with Crippen molar-refractivity contribution < 1.29 is 28.6 Å². The second-order valence-corrected chi connectivity index (χ2v) is 13.8. The Kier molecular flexibility index (Phi) is 41.3. The quantitative estimate of drug-likeness (QED) is 0.0270. The van der Waals surface area contributed by atoms with Gasteiger partial charge in [-0.05, 0) is 96.3 Å². The summed E-state index contributed by atoms with van der Waals surface area (Å²) in [7, 11) is 0. The smallest absolute Gasteiger partial charge is 0.306 e. The molecule has 318 valence electrons. The lowest BCUT2D eigenvalue weighted by Crippen LogP contribution is -2.30. The Balaban J connectivity index is 4.41. The maximum absolute atomic E-state index is 12.5. The van der Waals surface area contributed by atoms with E-state index in [1.807, 2.05) is 0 Å². The van der Waals surface area contributed by atoms with Gasteiger partial charge < -0.3 is 14.2 Å². The highest BCUT2D eigenvalue weighted by Crippen LogP contribution is 2.09. The molecule has 0 fully saturated rings. The number of unbranched alkanes of at least 4 members (excludes halogenated alkanes) is 6. The van der Waals surface area contributed by atoms with Crippen molar-refractivity contribution in [3.63, 3.8) is 0 Å². The fourth-order valence-electron chi connectivity index (χ4n) is 5.22. The Hall–Kier alpha value is -4.19. The molecule has 0 heterocycles. The van der Waals surface area contributed by atoms with Gasteiger partial charge in [0.1, 0.15) is 13.2 Å². The van der Waals surface area contributed by atoms with E-state index in [1.54, 1.807) is 0 Å². The second kappa shape index (κ2) is 44.5. The lowest BCUT2D eigenvalue weighted by atomic mass is 10.1. The number of rotatable bonds is 37. The predicted molar refractivity (Wildman–Crippen MR) is 242 cm³/mol. The molecule has 0 N–H and O–H groups in total. The Morgan fingerprint density at radius 2 is 0.684 bits per heavy atom. The second-order valence-electron chi connectivity index (χ2n) is 13.8. The molecule has 0 aliphatic rings. The molecule has 0 saturated carbocycles. The molecule has 0 aliphatic heterocycles. The highest BCUT2D eigenvalue weighted by atomic mass is 16.6. The van der Waals surface area contributed by atoms with E-state index in [9.17, 15) is 14.4 Å². The van der Waals surface area contributed by atoms with Crippen LogP contribution in [0.15, 0.2) is 122 Å². The fourth-order valence-corrected chi connectivity index (χ4v) is 5.22. The van der Waals surface area contributed by atoms with Crippen LogP contribution in [-0.2, 0) is 28.6 Å². The van der Waals surface area contributed by atoms with Crippen molar-refractivity contribution in [3.05, 3.63) is 122 Å². The van der Waals surface area contributed by atoms with Crippen LogP contribution in [0.3, 0.4) is 0 Å². The molecule has 0 saturated heterocycles. The summed E-state index contributed by atoms with van der Waals surface area (Å²) < 4.78 is 16.5. The van der Waals surface area contributed by atoms with Crippen LogP contribution < -0.4 is 0 Å². The monoisotopic (exact) mass is 787 g/mol. The third kappa shape index (κ3) is 42.8. The third-order valence-corrected chi connectivity index (χ3v) is 8.46. The average molecular weight is 787 g/mol. The summed E-state index contributed by atoms with van der Waals surface area (Å²) in [5.74, 6) is -1.07. The number of hydrogen-bond acceptors (Lipinski definition) is 6. The zero-order chi connectivity index (χ0) is 41.5. The van der Waals surface area contributed by atoms with Gasteiger partial charge in [-0.25, -0.2) is 0 Å². The van der Waals surface area contributed by atoms with Crippen molar-refractivity contribution in [2.45, 2.75) is 168 Å². The summed E-state index contributed by atoms with van der Waals surface area (Å²) in [6.45, 7) is 6.18. The zero-order valence-corrected chi connectivity index (χ0v) is 36.0. The van der Waals surface area contributed by atoms with Crippen LogP contribution in [-0.4, -0.2) is 37.2 Å². The number of carbonyl (C=O) groups is 3. The Labute approximate surface area is 348 Å². The molecule has 57 heavy (non-hydrogen) atoms. The van der Waals surface area contributed by atoms with Gasteiger partial charge in [-0.15, -0.1) is 0 Å². The largest absolute Gasteiger partial charge is 0.462 e. The molecule has 6 nitrogen and oxygen atoms in total. The van der Waals surface area contributed by atoms with Crippen molar-refractivity contribution in [2.24, 2.45) is 0 Å². The molecule has 0 bridgehead atoms. The topological polar surface area (TPSA) is 78.9 Å². The van der Waals surface area contributed by atoms with E-state index in [-0.39, 0.29) is 44.0 Å². The molecule has 6 heteroatoms. The maximum Gasteiger partial charge on any atom is 0.306 e. The lowest BCUT2D eigenvalue weighted by Gasteiger charge is -2.18. The first-order valence-corrected chi connectivity index (χ1v) is 22.0. The van der Waals surface area contributed by atoms with Crippen molar-refractivity contribution >= 4 is 17.9 Å². The number of hydrogen-bond donors (Lipinski definition) is 0. The summed E-state index contributed by atoms with van der Waals surface area (Å²) in [4.78, 5) is 37.4. The highest BCUT2D eigenvalue weighted by Gasteiger charge is 2.19. The summed E-state index contributed by atoms with van der Waals surface area (Å²) in [5, 5.41) is 0. The normalized spacial score (nSPS) is 12.8. The van der Waals surface area contributed by atoms with E-state index in [0.717, 1.165) is 109 Å². The fraction of sp³-hybridized carbons (Fsp3) is 0.549. The van der Waals surface area contributed by atoms with Crippen LogP contribution in [0.4, 0.5) is 0 Å². The zero-order valence-electron chi connectivity index (χ0n) is 36.0. The van der Waals surface area contributed by atoms with E-state index in [4.69, 9.17) is 14.2 Å². The molecule has 0 rings (SSSR count). The number of ether oxygens (including phenoxy) is 3. The van der Waals surface area contributed by atoms with E-state index in [0.29, 0.717) is 19.3 Å². The Bertz CT molecular complexity index is 1190. The van der Waals surface area contributed by atoms with Crippen LogP contribution >= 0.6 is 0 Å². The van der Waals surface area contributed by atoms with Gasteiger partial charge in [0, 0.05) is 19.3 Å². The minimum absolute atomic E-state index is 0.130. The van der Waals surface area contributed by atoms with Crippen LogP contribution in [0.25, 0.3) is 0 Å². The van der Waals surface area contributed by atoms with Gasteiger partial charge in [-0.2, -0.15) is 0 Å². The first kappa shape index (κ1) is 52.8. The van der Waals surface area contributed by atoms with Gasteiger partial charge in [0.05, 0.1) is 0 Å². The molecular formula is C51H78O6. The van der Waals surface area contributed by atoms with Crippen LogP contribution in [0.5, 0.6) is 0 Å². The van der Waals surface area contributed by atoms with Gasteiger partial charge in [0.15, 0.2) is 6.10 Å². The molecule has 0 aromatic carbocycles.